The normalized spacial score (nSPS) is 10.3. The molecule has 0 heterocycles. The van der Waals surface area contributed by atoms with Crippen LogP contribution < -0.4 is 15.4 Å². The van der Waals surface area contributed by atoms with Crippen molar-refractivity contribution in [3.63, 3.8) is 0 Å². The highest BCUT2D eigenvalue weighted by atomic mass is 16.5. The third-order valence-corrected chi connectivity index (χ3v) is 4.83. The van der Waals surface area contributed by atoms with Crippen molar-refractivity contribution in [3.05, 3.63) is 90.5 Å². The van der Waals surface area contributed by atoms with E-state index in [1.165, 1.54) is 0 Å². The summed E-state index contributed by atoms with van der Waals surface area (Å²) in [5.74, 6) is 6.66. The number of fused-ring (bicyclic) bond motifs is 2. The fraction of sp³-hybridized carbons (Fsp3) is 0.115. The summed E-state index contributed by atoms with van der Waals surface area (Å²) in [7, 11) is 0. The number of benzene rings is 4. The molecule has 30 heavy (non-hydrogen) atoms. The summed E-state index contributed by atoms with van der Waals surface area (Å²) < 4.78 is 5.77. The number of amides is 2. The maximum Gasteiger partial charge on any atom is 0.315 e. The van der Waals surface area contributed by atoms with Crippen LogP contribution in [0.25, 0.3) is 21.5 Å². The van der Waals surface area contributed by atoms with E-state index < -0.39 is 0 Å². The second kappa shape index (κ2) is 9.49. The molecule has 4 rings (SSSR count). The van der Waals surface area contributed by atoms with Gasteiger partial charge in [0.05, 0.1) is 6.54 Å². The fourth-order valence-electron chi connectivity index (χ4n) is 3.36. The van der Waals surface area contributed by atoms with Gasteiger partial charge in [0, 0.05) is 11.9 Å². The summed E-state index contributed by atoms with van der Waals surface area (Å²) in [6, 6.07) is 28.0. The van der Waals surface area contributed by atoms with Crippen molar-refractivity contribution >= 4 is 27.6 Å². The van der Waals surface area contributed by atoms with Crippen LogP contribution >= 0.6 is 0 Å². The molecule has 4 heteroatoms. The molecule has 0 radical (unpaired) electrons. The Bertz CT molecular complexity index is 1230. The molecule has 148 valence electrons. The molecule has 2 N–H and O–H groups in total. The standard InChI is InChI=1S/C26H22N2O2/c29-26(28-19-22-13-7-11-20-9-1-3-14-23(20)22)27-17-5-6-18-30-25-16-8-12-21-10-2-4-15-24(21)25/h1-4,7-16H,17-19H2,(H2,27,28,29). The molecule has 0 aromatic heterocycles. The zero-order chi connectivity index (χ0) is 20.6. The van der Waals surface area contributed by atoms with E-state index in [1.807, 2.05) is 54.6 Å². The first-order valence-corrected chi connectivity index (χ1v) is 9.86. The maximum atomic E-state index is 12.0. The molecule has 0 saturated heterocycles. The first kappa shape index (κ1) is 19.4. The predicted octanol–water partition coefficient (Wildman–Crippen LogP) is 4.87. The molecule has 0 aliphatic rings. The number of carbonyl (C=O) groups excluding carboxylic acids is 1. The second-order valence-electron chi connectivity index (χ2n) is 6.79. The molecule has 0 bridgehead atoms. The van der Waals surface area contributed by atoms with Gasteiger partial charge in [0.2, 0.25) is 0 Å². The average molecular weight is 394 g/mol. The Hall–Kier alpha value is -3.97. The minimum atomic E-state index is -0.243. The van der Waals surface area contributed by atoms with E-state index in [4.69, 9.17) is 4.74 Å². The minimum Gasteiger partial charge on any atom is -0.480 e. The molecule has 4 nitrogen and oxygen atoms in total. The summed E-state index contributed by atoms with van der Waals surface area (Å²) in [6.07, 6.45) is 0. The van der Waals surface area contributed by atoms with Gasteiger partial charge in [-0.2, -0.15) is 0 Å². The number of rotatable bonds is 5. The largest absolute Gasteiger partial charge is 0.480 e. The van der Waals surface area contributed by atoms with E-state index in [2.05, 4.69) is 52.8 Å². The monoisotopic (exact) mass is 394 g/mol. The smallest absolute Gasteiger partial charge is 0.315 e. The molecule has 2 amide bonds. The number of hydrogen-bond acceptors (Lipinski definition) is 2. The van der Waals surface area contributed by atoms with Crippen LogP contribution in [0.1, 0.15) is 5.56 Å². The van der Waals surface area contributed by atoms with Gasteiger partial charge < -0.3 is 15.4 Å². The van der Waals surface area contributed by atoms with Crippen molar-refractivity contribution in [2.75, 3.05) is 13.2 Å². The first-order valence-electron chi connectivity index (χ1n) is 9.86. The average Bonchev–Trinajstić information content (AvgIpc) is 2.80. The summed E-state index contributed by atoms with van der Waals surface area (Å²) in [5, 5.41) is 10.1. The van der Waals surface area contributed by atoms with Crippen molar-refractivity contribution < 1.29 is 9.53 Å². The SMILES string of the molecule is O=C(NCC#CCOc1cccc2ccccc12)NCc1cccc2ccccc12. The Labute approximate surface area is 175 Å². The Balaban J connectivity index is 1.23. The van der Waals surface area contributed by atoms with Gasteiger partial charge >= 0.3 is 6.03 Å². The van der Waals surface area contributed by atoms with Crippen LogP contribution in [0.3, 0.4) is 0 Å². The van der Waals surface area contributed by atoms with Gasteiger partial charge in [-0.05, 0) is 27.8 Å². The predicted molar refractivity (Wildman–Crippen MR) is 121 cm³/mol. The lowest BCUT2D eigenvalue weighted by atomic mass is 10.0. The van der Waals surface area contributed by atoms with E-state index in [1.54, 1.807) is 0 Å². The quantitative estimate of drug-likeness (QED) is 0.474. The lowest BCUT2D eigenvalue weighted by Gasteiger charge is -2.08. The van der Waals surface area contributed by atoms with Crippen molar-refractivity contribution in [1.29, 1.82) is 0 Å². The van der Waals surface area contributed by atoms with Crippen LogP contribution in [0.4, 0.5) is 4.79 Å². The van der Waals surface area contributed by atoms with E-state index in [0.717, 1.165) is 32.9 Å². The minimum absolute atomic E-state index is 0.243. The number of ether oxygens (including phenoxy) is 1. The highest BCUT2D eigenvalue weighted by Gasteiger charge is 2.03. The fourth-order valence-corrected chi connectivity index (χ4v) is 3.36. The summed E-state index contributed by atoms with van der Waals surface area (Å²) in [4.78, 5) is 12.0. The third-order valence-electron chi connectivity index (χ3n) is 4.83. The van der Waals surface area contributed by atoms with Gasteiger partial charge in [-0.25, -0.2) is 4.79 Å². The Morgan fingerprint density at radius 2 is 1.40 bits per heavy atom. The Morgan fingerprint density at radius 1 is 0.733 bits per heavy atom. The van der Waals surface area contributed by atoms with Crippen LogP contribution in [0, 0.1) is 11.8 Å². The molecule has 0 unspecified atom stereocenters. The van der Waals surface area contributed by atoms with Crippen LogP contribution in [-0.2, 0) is 6.54 Å². The molecular weight excluding hydrogens is 372 g/mol. The van der Waals surface area contributed by atoms with Crippen molar-refractivity contribution in [2.24, 2.45) is 0 Å². The molecule has 0 aliphatic carbocycles. The Kier molecular flexibility index (Phi) is 6.12. The highest BCUT2D eigenvalue weighted by molar-refractivity contribution is 5.88. The van der Waals surface area contributed by atoms with E-state index in [9.17, 15) is 4.79 Å². The second-order valence-corrected chi connectivity index (χ2v) is 6.79. The van der Waals surface area contributed by atoms with Gasteiger partial charge in [-0.1, -0.05) is 90.7 Å². The molecule has 0 atom stereocenters. The molecule has 4 aromatic carbocycles. The van der Waals surface area contributed by atoms with Crippen LogP contribution in [0.5, 0.6) is 5.75 Å². The highest BCUT2D eigenvalue weighted by Crippen LogP contribution is 2.24. The summed E-state index contributed by atoms with van der Waals surface area (Å²) >= 11 is 0. The molecule has 4 aromatic rings. The van der Waals surface area contributed by atoms with E-state index in [0.29, 0.717) is 6.54 Å². The van der Waals surface area contributed by atoms with Crippen LogP contribution in [0.15, 0.2) is 84.9 Å². The van der Waals surface area contributed by atoms with E-state index >= 15 is 0 Å². The zero-order valence-electron chi connectivity index (χ0n) is 16.5. The third kappa shape index (κ3) is 4.71. The zero-order valence-corrected chi connectivity index (χ0v) is 16.5. The van der Waals surface area contributed by atoms with Crippen LogP contribution in [-0.4, -0.2) is 19.2 Å². The molecule has 0 spiro atoms. The number of hydrogen-bond donors (Lipinski definition) is 2. The lowest BCUT2D eigenvalue weighted by Crippen LogP contribution is -2.35. The first-order chi connectivity index (χ1) is 14.8. The Morgan fingerprint density at radius 3 is 2.23 bits per heavy atom. The maximum absolute atomic E-state index is 12.0. The molecular formula is C26H22N2O2. The molecule has 0 aliphatic heterocycles. The van der Waals surface area contributed by atoms with Gasteiger partial charge in [-0.3, -0.25) is 0 Å². The topological polar surface area (TPSA) is 50.4 Å². The number of nitrogens with one attached hydrogen (secondary N) is 2. The van der Waals surface area contributed by atoms with Crippen molar-refractivity contribution in [3.8, 4) is 17.6 Å². The molecule has 0 saturated carbocycles. The van der Waals surface area contributed by atoms with Crippen molar-refractivity contribution in [2.45, 2.75) is 6.54 Å². The van der Waals surface area contributed by atoms with Gasteiger partial charge in [0.15, 0.2) is 0 Å². The van der Waals surface area contributed by atoms with Gasteiger partial charge in [-0.15, -0.1) is 0 Å². The van der Waals surface area contributed by atoms with Gasteiger partial charge in [0.1, 0.15) is 12.4 Å². The lowest BCUT2D eigenvalue weighted by molar-refractivity contribution is 0.241. The summed E-state index contributed by atoms with van der Waals surface area (Å²) in [5.41, 5.74) is 1.08. The molecule has 0 fully saturated rings. The van der Waals surface area contributed by atoms with Crippen molar-refractivity contribution in [1.82, 2.24) is 10.6 Å². The number of carbonyl (C=O) groups is 1. The van der Waals surface area contributed by atoms with Crippen LogP contribution in [0.2, 0.25) is 0 Å². The number of urea groups is 1. The van der Waals surface area contributed by atoms with Gasteiger partial charge in [0.25, 0.3) is 0 Å². The van der Waals surface area contributed by atoms with E-state index in [-0.39, 0.29) is 19.2 Å². The summed E-state index contributed by atoms with van der Waals surface area (Å²) in [6.45, 7) is 0.998.